The van der Waals surface area contributed by atoms with Crippen molar-refractivity contribution in [2.75, 3.05) is 0 Å². The molecule has 5 heteroatoms. The van der Waals surface area contributed by atoms with Crippen LogP contribution < -0.4 is 5.32 Å². The number of amides is 1. The molecule has 1 aliphatic rings. The second kappa shape index (κ2) is 5.73. The Morgan fingerprint density at radius 3 is 2.96 bits per heavy atom. The number of halogens is 1. The molecule has 1 atom stereocenters. The molecule has 2 aromatic carbocycles. The molecule has 0 unspecified atom stereocenters. The molecule has 26 heavy (non-hydrogen) atoms. The summed E-state index contributed by atoms with van der Waals surface area (Å²) in [5.41, 5.74) is 4.66. The number of aryl methyl sites for hydroxylation is 1. The molecule has 2 heterocycles. The standard InChI is InChI=1S/C21H18FN3O/c22-12-7-8-18-16(11-12)14-3-1-6-19(20(14)24-18)25-21(26)15-4-2-5-17-13(15)9-10-23-17/h2,4-5,7-11,19,23-24H,1,3,6H2,(H,25,26)/t19-/m0/s1. The van der Waals surface area contributed by atoms with Gasteiger partial charge in [0.1, 0.15) is 5.82 Å². The van der Waals surface area contributed by atoms with E-state index in [4.69, 9.17) is 0 Å². The summed E-state index contributed by atoms with van der Waals surface area (Å²) in [6.07, 6.45) is 4.58. The van der Waals surface area contributed by atoms with Gasteiger partial charge in [0.05, 0.1) is 6.04 Å². The van der Waals surface area contributed by atoms with Crippen molar-refractivity contribution in [3.8, 4) is 0 Å². The molecule has 0 radical (unpaired) electrons. The van der Waals surface area contributed by atoms with Crippen LogP contribution >= 0.6 is 0 Å². The number of benzene rings is 2. The highest BCUT2D eigenvalue weighted by molar-refractivity contribution is 6.06. The van der Waals surface area contributed by atoms with E-state index < -0.39 is 0 Å². The maximum absolute atomic E-state index is 13.6. The number of fused-ring (bicyclic) bond motifs is 4. The first-order chi connectivity index (χ1) is 12.7. The zero-order chi connectivity index (χ0) is 17.7. The molecule has 5 rings (SSSR count). The Morgan fingerprint density at radius 2 is 2.04 bits per heavy atom. The largest absolute Gasteiger partial charge is 0.361 e. The lowest BCUT2D eigenvalue weighted by Crippen LogP contribution is -2.31. The first kappa shape index (κ1) is 15.2. The fourth-order valence-electron chi connectivity index (χ4n) is 4.10. The third-order valence-electron chi connectivity index (χ3n) is 5.31. The second-order valence-electron chi connectivity index (χ2n) is 6.87. The van der Waals surface area contributed by atoms with E-state index in [-0.39, 0.29) is 17.8 Å². The topological polar surface area (TPSA) is 60.7 Å². The second-order valence-corrected chi connectivity index (χ2v) is 6.87. The zero-order valence-electron chi connectivity index (χ0n) is 14.1. The molecule has 0 fully saturated rings. The monoisotopic (exact) mass is 347 g/mol. The predicted octanol–water partition coefficient (Wildman–Crippen LogP) is 4.60. The highest BCUT2D eigenvalue weighted by Crippen LogP contribution is 2.35. The zero-order valence-corrected chi connectivity index (χ0v) is 14.1. The molecule has 0 saturated carbocycles. The quantitative estimate of drug-likeness (QED) is 0.488. The minimum atomic E-state index is -0.232. The molecule has 0 saturated heterocycles. The normalized spacial score (nSPS) is 16.7. The number of carbonyl (C=O) groups excluding carboxylic acids is 1. The first-order valence-corrected chi connectivity index (χ1v) is 8.87. The van der Waals surface area contributed by atoms with E-state index in [2.05, 4.69) is 15.3 Å². The highest BCUT2D eigenvalue weighted by atomic mass is 19.1. The van der Waals surface area contributed by atoms with Crippen LogP contribution in [-0.2, 0) is 6.42 Å². The van der Waals surface area contributed by atoms with E-state index in [1.807, 2.05) is 30.5 Å². The van der Waals surface area contributed by atoms with Crippen LogP contribution in [0.1, 0.15) is 40.5 Å². The van der Waals surface area contributed by atoms with Crippen molar-refractivity contribution in [2.45, 2.75) is 25.3 Å². The molecule has 0 bridgehead atoms. The van der Waals surface area contributed by atoms with Gasteiger partial charge in [-0.05, 0) is 61.2 Å². The summed E-state index contributed by atoms with van der Waals surface area (Å²) in [6, 6.07) is 12.3. The van der Waals surface area contributed by atoms with Gasteiger partial charge in [0.2, 0.25) is 0 Å². The summed E-state index contributed by atoms with van der Waals surface area (Å²) < 4.78 is 13.6. The molecule has 0 aliphatic heterocycles. The van der Waals surface area contributed by atoms with Crippen molar-refractivity contribution >= 4 is 27.7 Å². The van der Waals surface area contributed by atoms with Crippen LogP contribution in [0.5, 0.6) is 0 Å². The summed E-state index contributed by atoms with van der Waals surface area (Å²) in [5.74, 6) is -0.317. The lowest BCUT2D eigenvalue weighted by Gasteiger charge is -2.24. The highest BCUT2D eigenvalue weighted by Gasteiger charge is 2.26. The van der Waals surface area contributed by atoms with Crippen LogP contribution in [0, 0.1) is 5.82 Å². The number of aromatic nitrogens is 2. The van der Waals surface area contributed by atoms with E-state index in [0.717, 1.165) is 52.3 Å². The van der Waals surface area contributed by atoms with Crippen LogP contribution in [0.2, 0.25) is 0 Å². The smallest absolute Gasteiger partial charge is 0.252 e. The van der Waals surface area contributed by atoms with Gasteiger partial charge in [-0.15, -0.1) is 0 Å². The number of nitrogens with one attached hydrogen (secondary N) is 3. The summed E-state index contributed by atoms with van der Waals surface area (Å²) in [5, 5.41) is 5.01. The Bertz CT molecular complexity index is 1140. The molecule has 1 aliphatic carbocycles. The van der Waals surface area contributed by atoms with E-state index in [0.29, 0.717) is 5.56 Å². The van der Waals surface area contributed by atoms with Gasteiger partial charge in [0.25, 0.3) is 5.91 Å². The van der Waals surface area contributed by atoms with Gasteiger partial charge in [-0.25, -0.2) is 4.39 Å². The van der Waals surface area contributed by atoms with E-state index in [1.165, 1.54) is 6.07 Å². The van der Waals surface area contributed by atoms with Crippen LogP contribution in [0.4, 0.5) is 4.39 Å². The van der Waals surface area contributed by atoms with Gasteiger partial charge >= 0.3 is 0 Å². The fraction of sp³-hybridized carbons (Fsp3) is 0.190. The van der Waals surface area contributed by atoms with Crippen molar-refractivity contribution in [1.82, 2.24) is 15.3 Å². The molecule has 1 amide bonds. The third kappa shape index (κ3) is 2.31. The van der Waals surface area contributed by atoms with Gasteiger partial charge in [-0.3, -0.25) is 4.79 Å². The minimum Gasteiger partial charge on any atom is -0.361 e. The molecular weight excluding hydrogens is 329 g/mol. The molecular formula is C21H18FN3O. The summed E-state index contributed by atoms with van der Waals surface area (Å²) in [7, 11) is 0. The van der Waals surface area contributed by atoms with Gasteiger partial charge in [0.15, 0.2) is 0 Å². The number of H-pyrrole nitrogens is 2. The summed E-state index contributed by atoms with van der Waals surface area (Å²) in [4.78, 5) is 19.4. The molecule has 130 valence electrons. The maximum atomic E-state index is 13.6. The van der Waals surface area contributed by atoms with E-state index >= 15 is 0 Å². The number of rotatable bonds is 2. The van der Waals surface area contributed by atoms with Crippen LogP contribution in [0.15, 0.2) is 48.7 Å². The molecule has 4 nitrogen and oxygen atoms in total. The van der Waals surface area contributed by atoms with Crippen molar-refractivity contribution in [3.05, 3.63) is 71.3 Å². The summed E-state index contributed by atoms with van der Waals surface area (Å²) in [6.45, 7) is 0. The number of aromatic amines is 2. The van der Waals surface area contributed by atoms with Crippen molar-refractivity contribution in [2.24, 2.45) is 0 Å². The Balaban J connectivity index is 1.52. The molecule has 0 spiro atoms. The van der Waals surface area contributed by atoms with Gasteiger partial charge in [-0.1, -0.05) is 6.07 Å². The summed E-state index contributed by atoms with van der Waals surface area (Å²) >= 11 is 0. The third-order valence-corrected chi connectivity index (χ3v) is 5.31. The minimum absolute atomic E-state index is 0.0853. The molecule has 2 aromatic heterocycles. The van der Waals surface area contributed by atoms with Gasteiger partial charge < -0.3 is 15.3 Å². The lowest BCUT2D eigenvalue weighted by molar-refractivity contribution is 0.0933. The maximum Gasteiger partial charge on any atom is 0.252 e. The Kier molecular flexibility index (Phi) is 3.35. The van der Waals surface area contributed by atoms with Crippen molar-refractivity contribution < 1.29 is 9.18 Å². The van der Waals surface area contributed by atoms with Gasteiger partial charge in [0, 0.05) is 39.3 Å². The van der Waals surface area contributed by atoms with E-state index in [9.17, 15) is 9.18 Å². The van der Waals surface area contributed by atoms with Gasteiger partial charge in [-0.2, -0.15) is 0 Å². The van der Waals surface area contributed by atoms with Crippen LogP contribution in [0.3, 0.4) is 0 Å². The number of hydrogen-bond donors (Lipinski definition) is 3. The van der Waals surface area contributed by atoms with Crippen LogP contribution in [0.25, 0.3) is 21.8 Å². The average Bonchev–Trinajstić information content (AvgIpc) is 3.26. The Labute approximate surface area is 149 Å². The first-order valence-electron chi connectivity index (χ1n) is 8.87. The van der Waals surface area contributed by atoms with Crippen LogP contribution in [-0.4, -0.2) is 15.9 Å². The van der Waals surface area contributed by atoms with E-state index in [1.54, 1.807) is 12.1 Å². The Hall–Kier alpha value is -3.08. The lowest BCUT2D eigenvalue weighted by atomic mass is 9.91. The van der Waals surface area contributed by atoms with Crippen molar-refractivity contribution in [1.29, 1.82) is 0 Å². The molecule has 3 N–H and O–H groups in total. The molecule has 4 aromatic rings. The SMILES string of the molecule is O=C(N[C@H]1CCCc2c1[nH]c1ccc(F)cc21)c1cccc2[nH]ccc12. The number of hydrogen-bond acceptors (Lipinski definition) is 1. The fourth-order valence-corrected chi connectivity index (χ4v) is 4.10. The predicted molar refractivity (Wildman–Crippen MR) is 99.7 cm³/mol. The number of carbonyl (C=O) groups is 1. The average molecular weight is 347 g/mol. The Morgan fingerprint density at radius 1 is 1.12 bits per heavy atom. The van der Waals surface area contributed by atoms with Crippen molar-refractivity contribution in [3.63, 3.8) is 0 Å².